The smallest absolute Gasteiger partial charge is 0.341 e. The summed E-state index contributed by atoms with van der Waals surface area (Å²) in [5.41, 5.74) is 1.78. The molecule has 0 unspecified atom stereocenters. The van der Waals surface area contributed by atoms with Gasteiger partial charge in [-0.3, -0.25) is 0 Å². The molecule has 0 saturated heterocycles. The van der Waals surface area contributed by atoms with Crippen LogP contribution in [0.4, 0.5) is 5.82 Å². The van der Waals surface area contributed by atoms with Gasteiger partial charge in [-0.25, -0.2) is 14.8 Å². The minimum absolute atomic E-state index is 0.0702. The lowest BCUT2D eigenvalue weighted by molar-refractivity contribution is 0.0697. The highest BCUT2D eigenvalue weighted by Crippen LogP contribution is 2.22. The number of hydrogen-bond acceptors (Lipinski definition) is 4. The summed E-state index contributed by atoms with van der Waals surface area (Å²) in [6, 6.07) is 7.79. The molecule has 0 radical (unpaired) electrons. The molecule has 0 aliphatic rings. The van der Waals surface area contributed by atoms with Crippen LogP contribution < -0.4 is 5.32 Å². The van der Waals surface area contributed by atoms with Crippen molar-refractivity contribution >= 4 is 11.8 Å². The van der Waals surface area contributed by atoms with Crippen LogP contribution in [-0.4, -0.2) is 26.6 Å². The molecule has 0 fully saturated rings. The number of rotatable bonds is 3. The van der Waals surface area contributed by atoms with E-state index in [1.807, 2.05) is 52.0 Å². The molecule has 1 aromatic heterocycles. The maximum absolute atomic E-state index is 11.3. The Labute approximate surface area is 124 Å². The Balaban J connectivity index is 2.48. The summed E-state index contributed by atoms with van der Waals surface area (Å²) in [5.74, 6) is -0.204. The number of anilines is 1. The molecular weight excluding hydrogens is 266 g/mol. The number of aromatic carboxylic acids is 1. The Hall–Kier alpha value is -2.43. The summed E-state index contributed by atoms with van der Waals surface area (Å²) in [6.45, 7) is 7.86. The average molecular weight is 285 g/mol. The van der Waals surface area contributed by atoms with E-state index in [1.165, 1.54) is 6.20 Å². The summed E-state index contributed by atoms with van der Waals surface area (Å²) in [4.78, 5) is 19.8. The molecule has 0 saturated carbocycles. The summed E-state index contributed by atoms with van der Waals surface area (Å²) in [5, 5.41) is 12.4. The van der Waals surface area contributed by atoms with Crippen molar-refractivity contribution < 1.29 is 9.90 Å². The van der Waals surface area contributed by atoms with Gasteiger partial charge < -0.3 is 10.4 Å². The molecule has 2 rings (SSSR count). The average Bonchev–Trinajstić information content (AvgIpc) is 2.37. The van der Waals surface area contributed by atoms with Gasteiger partial charge in [-0.2, -0.15) is 0 Å². The number of nitrogens with zero attached hydrogens (tertiary/aromatic N) is 2. The highest BCUT2D eigenvalue weighted by molar-refractivity contribution is 5.93. The van der Waals surface area contributed by atoms with E-state index in [0.717, 1.165) is 11.1 Å². The van der Waals surface area contributed by atoms with Crippen molar-refractivity contribution in [2.45, 2.75) is 33.2 Å². The van der Waals surface area contributed by atoms with Crippen molar-refractivity contribution in [3.8, 4) is 11.4 Å². The van der Waals surface area contributed by atoms with E-state index >= 15 is 0 Å². The molecule has 110 valence electrons. The summed E-state index contributed by atoms with van der Waals surface area (Å²) in [6.07, 6.45) is 1.35. The van der Waals surface area contributed by atoms with Gasteiger partial charge in [0.15, 0.2) is 5.82 Å². The molecule has 1 aromatic carbocycles. The fourth-order valence-electron chi connectivity index (χ4n) is 1.83. The maximum Gasteiger partial charge on any atom is 0.341 e. The summed E-state index contributed by atoms with van der Waals surface area (Å²) >= 11 is 0. The number of carbonyl (C=O) groups is 1. The van der Waals surface area contributed by atoms with Crippen LogP contribution >= 0.6 is 0 Å². The Morgan fingerprint density at radius 3 is 2.33 bits per heavy atom. The van der Waals surface area contributed by atoms with Gasteiger partial charge in [0.25, 0.3) is 0 Å². The Morgan fingerprint density at radius 1 is 1.19 bits per heavy atom. The van der Waals surface area contributed by atoms with E-state index in [4.69, 9.17) is 0 Å². The van der Waals surface area contributed by atoms with Crippen LogP contribution in [0.15, 0.2) is 30.5 Å². The van der Waals surface area contributed by atoms with Crippen LogP contribution in [0.3, 0.4) is 0 Å². The molecule has 0 amide bonds. The zero-order valence-electron chi connectivity index (χ0n) is 12.6. The lowest BCUT2D eigenvalue weighted by Gasteiger charge is -2.22. The summed E-state index contributed by atoms with van der Waals surface area (Å²) in [7, 11) is 0. The molecule has 0 spiro atoms. The van der Waals surface area contributed by atoms with Crippen molar-refractivity contribution in [3.63, 3.8) is 0 Å². The van der Waals surface area contributed by atoms with Crippen molar-refractivity contribution in [2.24, 2.45) is 0 Å². The van der Waals surface area contributed by atoms with E-state index in [1.54, 1.807) is 0 Å². The van der Waals surface area contributed by atoms with Crippen LogP contribution in [-0.2, 0) is 0 Å². The van der Waals surface area contributed by atoms with Gasteiger partial charge in [0.2, 0.25) is 0 Å². The summed E-state index contributed by atoms with van der Waals surface area (Å²) < 4.78 is 0. The first-order valence-electron chi connectivity index (χ1n) is 6.72. The number of hydrogen-bond donors (Lipinski definition) is 2. The molecule has 2 aromatic rings. The highest BCUT2D eigenvalue weighted by Gasteiger charge is 2.19. The lowest BCUT2D eigenvalue weighted by Crippen LogP contribution is -2.28. The maximum atomic E-state index is 11.3. The molecule has 0 bridgehead atoms. The molecule has 0 atom stereocenters. The van der Waals surface area contributed by atoms with Crippen LogP contribution in [0, 0.1) is 6.92 Å². The monoisotopic (exact) mass is 285 g/mol. The number of benzene rings is 1. The highest BCUT2D eigenvalue weighted by atomic mass is 16.4. The van der Waals surface area contributed by atoms with Gasteiger partial charge in [-0.15, -0.1) is 0 Å². The van der Waals surface area contributed by atoms with E-state index in [0.29, 0.717) is 11.6 Å². The molecule has 0 aliphatic carbocycles. The van der Waals surface area contributed by atoms with E-state index in [2.05, 4.69) is 15.3 Å². The topological polar surface area (TPSA) is 75.1 Å². The number of carboxylic acid groups (broad SMARTS) is 1. The second-order valence-electron chi connectivity index (χ2n) is 6.00. The van der Waals surface area contributed by atoms with Crippen LogP contribution in [0.5, 0.6) is 0 Å². The second-order valence-corrected chi connectivity index (χ2v) is 6.00. The standard InChI is InChI=1S/C16H19N3O2/c1-10-5-7-11(8-6-10)13-17-9-12(15(20)21)14(18-13)19-16(2,3)4/h5-9H,1-4H3,(H,20,21)(H,17,18,19). The number of carboxylic acids is 1. The Morgan fingerprint density at radius 2 is 1.81 bits per heavy atom. The van der Waals surface area contributed by atoms with Gasteiger partial charge in [0.05, 0.1) is 0 Å². The minimum Gasteiger partial charge on any atom is -0.477 e. The largest absolute Gasteiger partial charge is 0.477 e. The predicted octanol–water partition coefficient (Wildman–Crippen LogP) is 3.36. The third-order valence-corrected chi connectivity index (χ3v) is 2.82. The van der Waals surface area contributed by atoms with Crippen molar-refractivity contribution in [1.29, 1.82) is 0 Å². The second kappa shape index (κ2) is 5.52. The van der Waals surface area contributed by atoms with Gasteiger partial charge in [0.1, 0.15) is 11.4 Å². The third-order valence-electron chi connectivity index (χ3n) is 2.82. The van der Waals surface area contributed by atoms with Gasteiger partial charge in [-0.1, -0.05) is 29.8 Å². The van der Waals surface area contributed by atoms with E-state index < -0.39 is 5.97 Å². The van der Waals surface area contributed by atoms with Crippen LogP contribution in [0.1, 0.15) is 36.7 Å². The zero-order chi connectivity index (χ0) is 15.6. The van der Waals surface area contributed by atoms with Crippen molar-refractivity contribution in [2.75, 3.05) is 5.32 Å². The third kappa shape index (κ3) is 3.78. The Kier molecular flexibility index (Phi) is 3.93. The zero-order valence-corrected chi connectivity index (χ0v) is 12.6. The van der Waals surface area contributed by atoms with Crippen molar-refractivity contribution in [1.82, 2.24) is 9.97 Å². The Bertz CT molecular complexity index is 658. The molecule has 0 aliphatic heterocycles. The SMILES string of the molecule is Cc1ccc(-c2ncc(C(=O)O)c(NC(C)(C)C)n2)cc1. The quantitative estimate of drug-likeness (QED) is 0.904. The van der Waals surface area contributed by atoms with Gasteiger partial charge in [-0.05, 0) is 27.7 Å². The first-order valence-corrected chi connectivity index (χ1v) is 6.72. The number of nitrogens with one attached hydrogen (secondary N) is 1. The molecule has 1 heterocycles. The van der Waals surface area contributed by atoms with Gasteiger partial charge in [0, 0.05) is 17.3 Å². The fraction of sp³-hybridized carbons (Fsp3) is 0.312. The van der Waals surface area contributed by atoms with Crippen LogP contribution in [0.2, 0.25) is 0 Å². The first kappa shape index (κ1) is 15.0. The predicted molar refractivity (Wildman–Crippen MR) is 82.5 cm³/mol. The van der Waals surface area contributed by atoms with Crippen LogP contribution in [0.25, 0.3) is 11.4 Å². The minimum atomic E-state index is -1.04. The molecule has 2 N–H and O–H groups in total. The fourth-order valence-corrected chi connectivity index (χ4v) is 1.83. The molecule has 5 nitrogen and oxygen atoms in total. The lowest BCUT2D eigenvalue weighted by atomic mass is 10.1. The first-order chi connectivity index (χ1) is 9.76. The normalized spacial score (nSPS) is 11.2. The molecule has 21 heavy (non-hydrogen) atoms. The molecule has 5 heteroatoms. The van der Waals surface area contributed by atoms with E-state index in [9.17, 15) is 9.90 Å². The molecular formula is C16H19N3O2. The van der Waals surface area contributed by atoms with Crippen molar-refractivity contribution in [3.05, 3.63) is 41.6 Å². The van der Waals surface area contributed by atoms with E-state index in [-0.39, 0.29) is 11.1 Å². The number of aromatic nitrogens is 2. The van der Waals surface area contributed by atoms with Gasteiger partial charge >= 0.3 is 5.97 Å². The number of aryl methyl sites for hydroxylation is 1.